The summed E-state index contributed by atoms with van der Waals surface area (Å²) in [6.45, 7) is 2.63. The largest absolute Gasteiger partial charge is 0.462 e. The van der Waals surface area contributed by atoms with Gasteiger partial charge in [-0.15, -0.1) is 0 Å². The molecular weight excluding hydrogens is 371 g/mol. The molecule has 0 saturated carbocycles. The number of H-pyrrole nitrogens is 1. The number of hydrogen-bond donors (Lipinski definition) is 1. The Morgan fingerprint density at radius 3 is 2.66 bits per heavy atom. The van der Waals surface area contributed by atoms with E-state index in [-0.39, 0.29) is 5.91 Å². The Kier molecular flexibility index (Phi) is 5.16. The Balaban J connectivity index is 1.77. The van der Waals surface area contributed by atoms with Crippen molar-refractivity contribution in [3.05, 3.63) is 77.4 Å². The van der Waals surface area contributed by atoms with Gasteiger partial charge in [-0.25, -0.2) is 9.18 Å². The number of benzene rings is 2. The van der Waals surface area contributed by atoms with Crippen molar-refractivity contribution in [2.24, 2.45) is 0 Å². The fraction of sp³-hybridized carbons (Fsp3) is 0.217. The molecular formula is C23H21FN2O3. The maximum Gasteiger partial charge on any atom is 0.341 e. The molecule has 29 heavy (non-hydrogen) atoms. The van der Waals surface area contributed by atoms with Crippen LogP contribution in [0.1, 0.15) is 35.0 Å². The molecule has 4 rings (SSSR count). The van der Waals surface area contributed by atoms with Gasteiger partial charge in [0.05, 0.1) is 17.9 Å². The summed E-state index contributed by atoms with van der Waals surface area (Å²) < 4.78 is 18.6. The molecule has 0 saturated heterocycles. The molecule has 0 atom stereocenters. The van der Waals surface area contributed by atoms with Crippen LogP contribution in [-0.2, 0) is 16.0 Å². The molecule has 1 aliphatic heterocycles. The number of aromatic amines is 1. The number of carbonyl (C=O) groups excluding carboxylic acids is 2. The minimum Gasteiger partial charge on any atom is -0.462 e. The second-order valence-corrected chi connectivity index (χ2v) is 6.96. The first kappa shape index (κ1) is 18.9. The predicted octanol–water partition coefficient (Wildman–Crippen LogP) is 4.30. The summed E-state index contributed by atoms with van der Waals surface area (Å²) in [6.07, 6.45) is 2.83. The molecule has 1 aromatic heterocycles. The molecule has 2 heterocycles. The smallest absolute Gasteiger partial charge is 0.341 e. The summed E-state index contributed by atoms with van der Waals surface area (Å²) >= 11 is 0. The van der Waals surface area contributed by atoms with Crippen molar-refractivity contribution < 1.29 is 18.7 Å². The first-order valence-corrected chi connectivity index (χ1v) is 9.64. The van der Waals surface area contributed by atoms with Gasteiger partial charge in [-0.1, -0.05) is 25.1 Å². The number of nitrogens with one attached hydrogen (secondary N) is 1. The van der Waals surface area contributed by atoms with Gasteiger partial charge in [-0.3, -0.25) is 4.79 Å². The normalized spacial score (nSPS) is 13.6. The molecule has 3 aromatic rings. The zero-order valence-corrected chi connectivity index (χ0v) is 16.1. The highest BCUT2D eigenvalue weighted by atomic mass is 19.1. The molecule has 1 N–H and O–H groups in total. The fourth-order valence-electron chi connectivity index (χ4n) is 3.55. The maximum atomic E-state index is 13.2. The number of esters is 1. The summed E-state index contributed by atoms with van der Waals surface area (Å²) in [5.41, 5.74) is 3.28. The third kappa shape index (κ3) is 3.66. The molecule has 0 radical (unpaired) electrons. The molecule has 1 amide bonds. The topological polar surface area (TPSA) is 62.4 Å². The molecule has 0 fully saturated rings. The molecule has 2 aromatic carbocycles. The Labute approximate surface area is 167 Å². The standard InChI is InChI=1S/C23H21FN2O3/c1-2-13-29-23(28)19-14-26(22(27)15-7-9-16(24)10-8-15)12-11-18-17-5-3-4-6-20(17)25-21(18)19/h3-10,14,25H,2,11-13H2,1H3. The van der Waals surface area contributed by atoms with E-state index in [0.717, 1.165) is 16.5 Å². The summed E-state index contributed by atoms with van der Waals surface area (Å²) in [7, 11) is 0. The van der Waals surface area contributed by atoms with E-state index >= 15 is 0 Å². The van der Waals surface area contributed by atoms with Gasteiger partial charge in [0.2, 0.25) is 0 Å². The zero-order valence-electron chi connectivity index (χ0n) is 16.1. The maximum absolute atomic E-state index is 13.2. The van der Waals surface area contributed by atoms with Crippen LogP contribution < -0.4 is 0 Å². The van der Waals surface area contributed by atoms with E-state index in [2.05, 4.69) is 4.98 Å². The second kappa shape index (κ2) is 7.91. The minimum atomic E-state index is -0.474. The summed E-state index contributed by atoms with van der Waals surface area (Å²) in [5.74, 6) is -1.17. The van der Waals surface area contributed by atoms with Crippen LogP contribution in [0, 0.1) is 5.82 Å². The van der Waals surface area contributed by atoms with E-state index < -0.39 is 11.8 Å². The molecule has 148 valence electrons. The highest BCUT2D eigenvalue weighted by molar-refractivity contribution is 6.18. The van der Waals surface area contributed by atoms with Crippen molar-refractivity contribution >= 4 is 28.4 Å². The Bertz CT molecular complexity index is 1100. The quantitative estimate of drug-likeness (QED) is 0.674. The lowest BCUT2D eigenvalue weighted by atomic mass is 10.0. The number of ether oxygens (including phenoxy) is 1. The van der Waals surface area contributed by atoms with Crippen LogP contribution in [0.15, 0.2) is 54.7 Å². The van der Waals surface area contributed by atoms with Crippen molar-refractivity contribution in [1.82, 2.24) is 9.88 Å². The molecule has 5 nitrogen and oxygen atoms in total. The van der Waals surface area contributed by atoms with Gasteiger partial charge in [0.1, 0.15) is 5.82 Å². The fourth-order valence-corrected chi connectivity index (χ4v) is 3.55. The number of rotatable bonds is 4. The van der Waals surface area contributed by atoms with Gasteiger partial charge in [-0.05, 0) is 48.7 Å². The lowest BCUT2D eigenvalue weighted by molar-refractivity contribution is -0.136. The molecule has 0 aliphatic carbocycles. The van der Waals surface area contributed by atoms with Gasteiger partial charge < -0.3 is 14.6 Å². The van der Waals surface area contributed by atoms with Gasteiger partial charge in [0.25, 0.3) is 5.91 Å². The van der Waals surface area contributed by atoms with Gasteiger partial charge >= 0.3 is 5.97 Å². The number of aromatic nitrogens is 1. The third-order valence-corrected chi connectivity index (χ3v) is 4.98. The van der Waals surface area contributed by atoms with E-state index in [1.807, 2.05) is 31.2 Å². The first-order valence-electron chi connectivity index (χ1n) is 9.64. The lowest BCUT2D eigenvalue weighted by Crippen LogP contribution is -2.28. The lowest BCUT2D eigenvalue weighted by Gasteiger charge is -2.18. The van der Waals surface area contributed by atoms with E-state index in [0.29, 0.717) is 42.8 Å². The minimum absolute atomic E-state index is 0.291. The second-order valence-electron chi connectivity index (χ2n) is 6.96. The van der Waals surface area contributed by atoms with Crippen molar-refractivity contribution in [3.8, 4) is 0 Å². The summed E-state index contributed by atoms with van der Waals surface area (Å²) in [5, 5.41) is 1.02. The average Bonchev–Trinajstić information content (AvgIpc) is 2.99. The van der Waals surface area contributed by atoms with E-state index in [9.17, 15) is 14.0 Å². The number of hydrogen-bond acceptors (Lipinski definition) is 3. The van der Waals surface area contributed by atoms with Crippen LogP contribution in [0.5, 0.6) is 0 Å². The SMILES string of the molecule is CCCOC(=O)C1=CN(C(=O)c2ccc(F)cc2)CCc2c1[nH]c1ccccc21. The van der Waals surface area contributed by atoms with E-state index in [4.69, 9.17) is 4.74 Å². The van der Waals surface area contributed by atoms with Gasteiger partial charge in [0, 0.05) is 29.2 Å². The number of amides is 1. The highest BCUT2D eigenvalue weighted by Gasteiger charge is 2.27. The van der Waals surface area contributed by atoms with Gasteiger partial charge in [-0.2, -0.15) is 0 Å². The van der Waals surface area contributed by atoms with Crippen LogP contribution in [0.4, 0.5) is 4.39 Å². The number of carbonyl (C=O) groups is 2. The van der Waals surface area contributed by atoms with Gasteiger partial charge in [0.15, 0.2) is 0 Å². The van der Waals surface area contributed by atoms with E-state index in [1.165, 1.54) is 29.2 Å². The van der Waals surface area contributed by atoms with Crippen molar-refractivity contribution in [1.29, 1.82) is 0 Å². The Hall–Kier alpha value is -3.41. The molecule has 1 aliphatic rings. The number of fused-ring (bicyclic) bond motifs is 3. The number of para-hydroxylation sites is 1. The Morgan fingerprint density at radius 2 is 1.90 bits per heavy atom. The zero-order chi connectivity index (χ0) is 20.4. The van der Waals surface area contributed by atoms with Crippen molar-refractivity contribution in [2.45, 2.75) is 19.8 Å². The first-order chi connectivity index (χ1) is 14.1. The average molecular weight is 392 g/mol. The molecule has 0 bridgehead atoms. The number of nitrogens with zero attached hydrogens (tertiary/aromatic N) is 1. The molecule has 0 unspecified atom stereocenters. The predicted molar refractivity (Wildman–Crippen MR) is 109 cm³/mol. The summed E-state index contributed by atoms with van der Waals surface area (Å²) in [6, 6.07) is 13.2. The summed E-state index contributed by atoms with van der Waals surface area (Å²) in [4.78, 5) is 30.6. The van der Waals surface area contributed by atoms with E-state index in [1.54, 1.807) is 6.20 Å². The molecule has 6 heteroatoms. The number of halogens is 1. The van der Waals surface area contributed by atoms with Crippen LogP contribution >= 0.6 is 0 Å². The third-order valence-electron chi connectivity index (χ3n) is 4.98. The van der Waals surface area contributed by atoms with Crippen LogP contribution in [0.2, 0.25) is 0 Å². The van der Waals surface area contributed by atoms with Crippen molar-refractivity contribution in [2.75, 3.05) is 13.2 Å². The Morgan fingerprint density at radius 1 is 1.14 bits per heavy atom. The van der Waals surface area contributed by atoms with Crippen LogP contribution in [0.3, 0.4) is 0 Å². The van der Waals surface area contributed by atoms with Crippen LogP contribution in [0.25, 0.3) is 16.5 Å². The van der Waals surface area contributed by atoms with Crippen molar-refractivity contribution in [3.63, 3.8) is 0 Å². The monoisotopic (exact) mass is 392 g/mol. The highest BCUT2D eigenvalue weighted by Crippen LogP contribution is 2.31. The van der Waals surface area contributed by atoms with Crippen LogP contribution in [-0.4, -0.2) is 34.9 Å². The molecule has 0 spiro atoms.